The zero-order valence-electron chi connectivity index (χ0n) is 16.1. The number of hydrogen-bond donors (Lipinski definition) is 1. The topological polar surface area (TPSA) is 53.0 Å². The minimum Gasteiger partial charge on any atom is -0.497 e. The summed E-state index contributed by atoms with van der Waals surface area (Å²) >= 11 is 0. The summed E-state index contributed by atoms with van der Waals surface area (Å²) in [6.07, 6.45) is 3.91. The van der Waals surface area contributed by atoms with Crippen LogP contribution in [0, 0.1) is 5.92 Å². The maximum Gasteiger partial charge on any atom is 0.307 e. The SMILES string of the molecule is COc1ccc2c(c1)C1(C)CCN(C)C(C2)C1N1CCCC(C(=O)O)C1. The zero-order chi connectivity index (χ0) is 18.5. The summed E-state index contributed by atoms with van der Waals surface area (Å²) in [7, 11) is 3.95. The van der Waals surface area contributed by atoms with Crippen molar-refractivity contribution in [1.82, 2.24) is 9.80 Å². The second-order valence-corrected chi connectivity index (χ2v) is 8.56. The Morgan fingerprint density at radius 1 is 1.35 bits per heavy atom. The molecule has 0 amide bonds. The van der Waals surface area contributed by atoms with E-state index in [4.69, 9.17) is 4.74 Å². The maximum absolute atomic E-state index is 11.6. The third-order valence-electron chi connectivity index (χ3n) is 7.12. The Balaban J connectivity index is 1.75. The minimum absolute atomic E-state index is 0.0414. The van der Waals surface area contributed by atoms with Crippen molar-refractivity contribution in [3.05, 3.63) is 29.3 Å². The smallest absolute Gasteiger partial charge is 0.307 e. The summed E-state index contributed by atoms with van der Waals surface area (Å²) in [5.41, 5.74) is 2.87. The van der Waals surface area contributed by atoms with Crippen LogP contribution in [0.15, 0.2) is 18.2 Å². The number of hydrogen-bond acceptors (Lipinski definition) is 4. The van der Waals surface area contributed by atoms with Gasteiger partial charge in [-0.15, -0.1) is 0 Å². The van der Waals surface area contributed by atoms with Gasteiger partial charge in [-0.3, -0.25) is 9.69 Å². The van der Waals surface area contributed by atoms with E-state index in [-0.39, 0.29) is 11.3 Å². The van der Waals surface area contributed by atoms with Crippen molar-refractivity contribution < 1.29 is 14.6 Å². The second-order valence-electron chi connectivity index (χ2n) is 8.56. The van der Waals surface area contributed by atoms with E-state index in [1.807, 2.05) is 0 Å². The van der Waals surface area contributed by atoms with E-state index < -0.39 is 5.97 Å². The highest BCUT2D eigenvalue weighted by Crippen LogP contribution is 2.48. The normalized spacial score (nSPS) is 35.0. The fourth-order valence-electron chi connectivity index (χ4n) is 5.67. The number of methoxy groups -OCH3 is 1. The van der Waals surface area contributed by atoms with E-state index in [2.05, 4.69) is 42.0 Å². The first kappa shape index (κ1) is 17.8. The molecule has 0 radical (unpaired) electrons. The molecule has 142 valence electrons. The number of carboxylic acid groups (broad SMARTS) is 1. The van der Waals surface area contributed by atoms with E-state index in [0.29, 0.717) is 18.6 Å². The van der Waals surface area contributed by atoms with Gasteiger partial charge < -0.3 is 14.7 Å². The molecule has 2 heterocycles. The van der Waals surface area contributed by atoms with E-state index in [0.717, 1.165) is 44.5 Å². The molecule has 5 nitrogen and oxygen atoms in total. The monoisotopic (exact) mass is 358 g/mol. The Labute approximate surface area is 155 Å². The second kappa shape index (κ2) is 6.54. The third kappa shape index (κ3) is 2.72. The lowest BCUT2D eigenvalue weighted by atomic mass is 9.61. The van der Waals surface area contributed by atoms with Crippen molar-refractivity contribution in [3.8, 4) is 5.75 Å². The van der Waals surface area contributed by atoms with Crippen LogP contribution in [0.5, 0.6) is 5.75 Å². The van der Waals surface area contributed by atoms with Crippen molar-refractivity contribution in [2.24, 2.45) is 5.92 Å². The molecule has 0 aromatic heterocycles. The highest BCUT2D eigenvalue weighted by atomic mass is 16.5. The summed E-state index contributed by atoms with van der Waals surface area (Å²) in [4.78, 5) is 16.6. The molecule has 4 unspecified atom stereocenters. The van der Waals surface area contributed by atoms with Gasteiger partial charge in [0.15, 0.2) is 0 Å². The fourth-order valence-corrected chi connectivity index (χ4v) is 5.67. The Bertz CT molecular complexity index is 706. The van der Waals surface area contributed by atoms with Crippen LogP contribution in [0.3, 0.4) is 0 Å². The molecule has 0 spiro atoms. The van der Waals surface area contributed by atoms with Crippen LogP contribution in [0.1, 0.15) is 37.3 Å². The number of carboxylic acids is 1. The Morgan fingerprint density at radius 3 is 2.88 bits per heavy atom. The molecule has 3 aliphatic rings. The van der Waals surface area contributed by atoms with Gasteiger partial charge in [-0.1, -0.05) is 13.0 Å². The Morgan fingerprint density at radius 2 is 2.15 bits per heavy atom. The molecular weight excluding hydrogens is 328 g/mol. The van der Waals surface area contributed by atoms with Crippen LogP contribution < -0.4 is 4.74 Å². The number of fused-ring (bicyclic) bond motifs is 4. The number of ether oxygens (including phenoxy) is 1. The first-order chi connectivity index (χ1) is 12.4. The molecule has 1 aromatic carbocycles. The van der Waals surface area contributed by atoms with Crippen molar-refractivity contribution >= 4 is 5.97 Å². The lowest BCUT2D eigenvalue weighted by molar-refractivity contribution is -0.145. The molecule has 4 atom stereocenters. The minimum atomic E-state index is -0.642. The molecule has 0 saturated carbocycles. The third-order valence-corrected chi connectivity index (χ3v) is 7.12. The van der Waals surface area contributed by atoms with Crippen LogP contribution in [-0.2, 0) is 16.6 Å². The van der Waals surface area contributed by atoms with Crippen molar-refractivity contribution in [2.75, 3.05) is 33.8 Å². The number of nitrogens with zero attached hydrogens (tertiary/aromatic N) is 2. The number of carbonyl (C=O) groups is 1. The average Bonchev–Trinajstić information content (AvgIpc) is 2.65. The standard InChI is InChI=1S/C21H30N2O3/c1-21-8-10-22(2)18(11-14-6-7-16(26-3)12-17(14)21)19(21)23-9-4-5-15(13-23)20(24)25/h6-7,12,15,18-19H,4-5,8-11,13H2,1-3H3,(H,24,25). The molecule has 5 heteroatoms. The van der Waals surface area contributed by atoms with Crippen LogP contribution in [0.25, 0.3) is 0 Å². The molecular formula is C21H30N2O3. The Kier molecular flexibility index (Phi) is 4.48. The lowest BCUT2D eigenvalue weighted by Gasteiger charge is -2.59. The summed E-state index contributed by atoms with van der Waals surface area (Å²) in [6.45, 7) is 5.16. The number of piperidine rings is 2. The quantitative estimate of drug-likeness (QED) is 0.899. The van der Waals surface area contributed by atoms with Gasteiger partial charge >= 0.3 is 5.97 Å². The molecule has 1 aliphatic carbocycles. The first-order valence-electron chi connectivity index (χ1n) is 9.78. The molecule has 4 rings (SSSR count). The van der Waals surface area contributed by atoms with Crippen molar-refractivity contribution in [3.63, 3.8) is 0 Å². The molecule has 1 aromatic rings. The summed E-state index contributed by atoms with van der Waals surface area (Å²) in [5.74, 6) is 0.0458. The van der Waals surface area contributed by atoms with E-state index in [9.17, 15) is 9.90 Å². The fraction of sp³-hybridized carbons (Fsp3) is 0.667. The Hall–Kier alpha value is -1.59. The maximum atomic E-state index is 11.6. The van der Waals surface area contributed by atoms with E-state index in [1.165, 1.54) is 11.1 Å². The molecule has 26 heavy (non-hydrogen) atoms. The van der Waals surface area contributed by atoms with Crippen LogP contribution >= 0.6 is 0 Å². The summed E-state index contributed by atoms with van der Waals surface area (Å²) in [5, 5.41) is 9.55. The summed E-state index contributed by atoms with van der Waals surface area (Å²) in [6, 6.07) is 7.33. The van der Waals surface area contributed by atoms with Gasteiger partial charge in [0.25, 0.3) is 0 Å². The number of rotatable bonds is 3. The number of likely N-dealkylation sites (tertiary alicyclic amines) is 2. The largest absolute Gasteiger partial charge is 0.497 e. The van der Waals surface area contributed by atoms with E-state index in [1.54, 1.807) is 7.11 Å². The van der Waals surface area contributed by atoms with Crippen LogP contribution in [0.4, 0.5) is 0 Å². The number of likely N-dealkylation sites (N-methyl/N-ethyl adjacent to an activating group) is 1. The average molecular weight is 358 g/mol. The number of aliphatic carboxylic acids is 1. The van der Waals surface area contributed by atoms with Crippen LogP contribution in [-0.4, -0.2) is 66.8 Å². The predicted octanol–water partition coefficient (Wildman–Crippen LogP) is 2.38. The van der Waals surface area contributed by atoms with Gasteiger partial charge in [0.1, 0.15) is 5.75 Å². The van der Waals surface area contributed by atoms with Gasteiger partial charge in [0, 0.05) is 24.0 Å². The molecule has 1 N–H and O–H groups in total. The summed E-state index contributed by atoms with van der Waals surface area (Å²) < 4.78 is 5.51. The molecule has 2 fully saturated rings. The van der Waals surface area contributed by atoms with Crippen molar-refractivity contribution in [1.29, 1.82) is 0 Å². The highest BCUT2D eigenvalue weighted by Gasteiger charge is 2.53. The van der Waals surface area contributed by atoms with Gasteiger partial charge in [-0.05, 0) is 69.1 Å². The van der Waals surface area contributed by atoms with Gasteiger partial charge in [-0.25, -0.2) is 0 Å². The molecule has 2 saturated heterocycles. The molecule has 2 aliphatic heterocycles. The van der Waals surface area contributed by atoms with Gasteiger partial charge in [0.2, 0.25) is 0 Å². The first-order valence-corrected chi connectivity index (χ1v) is 9.78. The highest BCUT2D eigenvalue weighted by molar-refractivity contribution is 5.70. The van der Waals surface area contributed by atoms with Gasteiger partial charge in [-0.2, -0.15) is 0 Å². The predicted molar refractivity (Wildman–Crippen MR) is 101 cm³/mol. The van der Waals surface area contributed by atoms with E-state index >= 15 is 0 Å². The van der Waals surface area contributed by atoms with Crippen molar-refractivity contribution in [2.45, 2.75) is 50.1 Å². The lowest BCUT2D eigenvalue weighted by Crippen LogP contribution is -2.68. The number of benzene rings is 1. The van der Waals surface area contributed by atoms with Crippen LogP contribution in [0.2, 0.25) is 0 Å². The van der Waals surface area contributed by atoms with Gasteiger partial charge in [0.05, 0.1) is 13.0 Å². The zero-order valence-corrected chi connectivity index (χ0v) is 16.1. The molecule has 2 bridgehead atoms.